The average Bonchev–Trinajstić information content (AvgIpc) is 2.21. The summed E-state index contributed by atoms with van der Waals surface area (Å²) in [6.45, 7) is 4.59. The van der Waals surface area contributed by atoms with Crippen LogP contribution in [0.4, 0.5) is 0 Å². The number of methoxy groups -OCH3 is 1. The lowest BCUT2D eigenvalue weighted by atomic mass is 10.1. The highest BCUT2D eigenvalue weighted by Crippen LogP contribution is 2.21. The Balaban J connectivity index is 2.42. The predicted molar refractivity (Wildman–Crippen MR) is 60.4 cm³/mol. The smallest absolute Gasteiger partial charge is 0.171 e. The monoisotopic (exact) mass is 229 g/mol. The molecule has 15 heavy (non-hydrogen) atoms. The van der Waals surface area contributed by atoms with Crippen molar-refractivity contribution in [2.75, 3.05) is 13.7 Å². The second kappa shape index (κ2) is 5.33. The number of hydrogen-bond donors (Lipinski definition) is 0. The highest BCUT2D eigenvalue weighted by molar-refractivity contribution is 6.30. The van der Waals surface area contributed by atoms with Gasteiger partial charge in [-0.2, -0.15) is 0 Å². The van der Waals surface area contributed by atoms with E-state index in [4.69, 9.17) is 21.1 Å². The fourth-order valence-electron chi connectivity index (χ4n) is 0.988. The van der Waals surface area contributed by atoms with Gasteiger partial charge in [0.2, 0.25) is 0 Å². The molecule has 0 amide bonds. The molecule has 0 aliphatic heterocycles. The van der Waals surface area contributed by atoms with Crippen LogP contribution in [-0.2, 0) is 4.74 Å². The summed E-state index contributed by atoms with van der Waals surface area (Å²) in [6.07, 6.45) is 2.43. The van der Waals surface area contributed by atoms with Crippen LogP contribution in [0.25, 0.3) is 0 Å². The second-order valence-corrected chi connectivity index (χ2v) is 4.21. The van der Waals surface area contributed by atoms with Crippen molar-refractivity contribution in [3.05, 3.63) is 23.5 Å². The molecule has 0 N–H and O–H groups in total. The lowest BCUT2D eigenvalue weighted by Gasteiger charge is -2.22. The van der Waals surface area contributed by atoms with E-state index in [1.54, 1.807) is 25.4 Å². The van der Waals surface area contributed by atoms with Gasteiger partial charge in [0, 0.05) is 19.7 Å². The summed E-state index contributed by atoms with van der Waals surface area (Å²) < 4.78 is 10.8. The minimum absolute atomic E-state index is 0.172. The minimum atomic E-state index is -0.172. The number of pyridine rings is 1. The molecule has 0 atom stereocenters. The van der Waals surface area contributed by atoms with Gasteiger partial charge in [-0.3, -0.25) is 0 Å². The lowest BCUT2D eigenvalue weighted by molar-refractivity contribution is 0.00543. The molecule has 3 nitrogen and oxygen atoms in total. The van der Waals surface area contributed by atoms with Crippen molar-refractivity contribution in [1.29, 1.82) is 0 Å². The first kappa shape index (κ1) is 12.3. The van der Waals surface area contributed by atoms with Gasteiger partial charge in [-0.1, -0.05) is 11.6 Å². The van der Waals surface area contributed by atoms with Crippen molar-refractivity contribution in [3.63, 3.8) is 0 Å². The van der Waals surface area contributed by atoms with E-state index in [1.165, 1.54) is 0 Å². The molecule has 0 radical (unpaired) electrons. The Labute approximate surface area is 95.4 Å². The Hall–Kier alpha value is -0.800. The van der Waals surface area contributed by atoms with Crippen LogP contribution < -0.4 is 4.74 Å². The zero-order valence-electron chi connectivity index (χ0n) is 9.29. The molecule has 1 rings (SSSR count). The summed E-state index contributed by atoms with van der Waals surface area (Å²) in [5.74, 6) is 0.617. The number of ether oxygens (including phenoxy) is 2. The molecule has 1 heterocycles. The van der Waals surface area contributed by atoms with Gasteiger partial charge in [0.05, 0.1) is 12.2 Å². The highest BCUT2D eigenvalue weighted by atomic mass is 35.5. The van der Waals surface area contributed by atoms with Crippen LogP contribution in [0, 0.1) is 0 Å². The van der Waals surface area contributed by atoms with Crippen molar-refractivity contribution in [2.45, 2.75) is 25.9 Å². The normalized spacial score (nSPS) is 11.5. The third kappa shape index (κ3) is 4.06. The Bertz CT molecular complexity index is 315. The molecule has 84 valence electrons. The number of rotatable bonds is 5. The van der Waals surface area contributed by atoms with Gasteiger partial charge >= 0.3 is 0 Å². The van der Waals surface area contributed by atoms with Gasteiger partial charge in [0.25, 0.3) is 0 Å². The van der Waals surface area contributed by atoms with Crippen LogP contribution in [0.1, 0.15) is 20.3 Å². The van der Waals surface area contributed by atoms with Gasteiger partial charge in [0.1, 0.15) is 0 Å². The fourth-order valence-corrected chi connectivity index (χ4v) is 1.16. The third-order valence-electron chi connectivity index (χ3n) is 2.24. The van der Waals surface area contributed by atoms with Crippen molar-refractivity contribution >= 4 is 11.6 Å². The molecule has 0 bridgehead atoms. The topological polar surface area (TPSA) is 31.4 Å². The maximum atomic E-state index is 5.84. The Morgan fingerprint density at radius 1 is 1.47 bits per heavy atom. The summed E-state index contributed by atoms with van der Waals surface area (Å²) in [6, 6.07) is 3.60. The predicted octanol–water partition coefficient (Wildman–Crippen LogP) is 2.93. The molecular formula is C11H16ClNO2. The molecule has 4 heteroatoms. The molecular weight excluding hydrogens is 214 g/mol. The van der Waals surface area contributed by atoms with E-state index in [-0.39, 0.29) is 5.60 Å². The molecule has 0 saturated carbocycles. The van der Waals surface area contributed by atoms with Crippen LogP contribution in [-0.4, -0.2) is 24.3 Å². The van der Waals surface area contributed by atoms with Crippen molar-refractivity contribution < 1.29 is 9.47 Å². The SMILES string of the molecule is COC(C)(C)CCOc1cccnc1Cl. The summed E-state index contributed by atoms with van der Waals surface area (Å²) in [5.41, 5.74) is -0.172. The quantitative estimate of drug-likeness (QED) is 0.728. The molecule has 0 aliphatic carbocycles. The first-order chi connectivity index (χ1) is 7.05. The minimum Gasteiger partial charge on any atom is -0.490 e. The molecule has 0 aliphatic rings. The van der Waals surface area contributed by atoms with Crippen LogP contribution in [0.2, 0.25) is 5.15 Å². The van der Waals surface area contributed by atoms with Gasteiger partial charge in [-0.15, -0.1) is 0 Å². The number of halogens is 1. The number of nitrogens with zero attached hydrogens (tertiary/aromatic N) is 1. The van der Waals surface area contributed by atoms with E-state index in [0.29, 0.717) is 17.5 Å². The molecule has 1 aromatic heterocycles. The van der Waals surface area contributed by atoms with Gasteiger partial charge in [-0.05, 0) is 26.0 Å². The molecule has 0 saturated heterocycles. The van der Waals surface area contributed by atoms with Gasteiger partial charge in [0.15, 0.2) is 10.9 Å². The largest absolute Gasteiger partial charge is 0.490 e. The molecule has 0 aromatic carbocycles. The molecule has 0 unspecified atom stereocenters. The zero-order valence-corrected chi connectivity index (χ0v) is 10.0. The zero-order chi connectivity index (χ0) is 11.3. The maximum Gasteiger partial charge on any atom is 0.171 e. The van der Waals surface area contributed by atoms with E-state index in [0.717, 1.165) is 6.42 Å². The summed E-state index contributed by atoms with van der Waals surface area (Å²) in [5, 5.41) is 0.396. The second-order valence-electron chi connectivity index (χ2n) is 3.85. The number of hydrogen-bond acceptors (Lipinski definition) is 3. The third-order valence-corrected chi connectivity index (χ3v) is 2.52. The molecule has 1 aromatic rings. The Morgan fingerprint density at radius 3 is 2.80 bits per heavy atom. The highest BCUT2D eigenvalue weighted by Gasteiger charge is 2.16. The van der Waals surface area contributed by atoms with E-state index in [2.05, 4.69) is 4.98 Å². The van der Waals surface area contributed by atoms with Crippen molar-refractivity contribution in [2.24, 2.45) is 0 Å². The van der Waals surface area contributed by atoms with E-state index < -0.39 is 0 Å². The van der Waals surface area contributed by atoms with Crippen LogP contribution in [0.3, 0.4) is 0 Å². The van der Waals surface area contributed by atoms with E-state index >= 15 is 0 Å². The number of aromatic nitrogens is 1. The molecule has 0 fully saturated rings. The first-order valence-corrected chi connectivity index (χ1v) is 5.21. The van der Waals surface area contributed by atoms with Gasteiger partial charge in [-0.25, -0.2) is 4.98 Å². The first-order valence-electron chi connectivity index (χ1n) is 4.83. The molecule has 0 spiro atoms. The summed E-state index contributed by atoms with van der Waals surface area (Å²) >= 11 is 5.84. The standard InChI is InChI=1S/C11H16ClNO2/c1-11(2,14-3)6-8-15-9-5-4-7-13-10(9)12/h4-5,7H,6,8H2,1-3H3. The van der Waals surface area contributed by atoms with E-state index in [9.17, 15) is 0 Å². The van der Waals surface area contributed by atoms with Crippen LogP contribution >= 0.6 is 11.6 Å². The Morgan fingerprint density at radius 2 is 2.20 bits per heavy atom. The van der Waals surface area contributed by atoms with Crippen molar-refractivity contribution in [1.82, 2.24) is 4.98 Å². The average molecular weight is 230 g/mol. The summed E-state index contributed by atoms with van der Waals surface area (Å²) in [7, 11) is 1.69. The van der Waals surface area contributed by atoms with Crippen LogP contribution in [0.15, 0.2) is 18.3 Å². The lowest BCUT2D eigenvalue weighted by Crippen LogP contribution is -2.25. The van der Waals surface area contributed by atoms with E-state index in [1.807, 2.05) is 13.8 Å². The van der Waals surface area contributed by atoms with Crippen molar-refractivity contribution in [3.8, 4) is 5.75 Å². The van der Waals surface area contributed by atoms with Crippen LogP contribution in [0.5, 0.6) is 5.75 Å². The maximum absolute atomic E-state index is 5.84. The fraction of sp³-hybridized carbons (Fsp3) is 0.545. The Kier molecular flexibility index (Phi) is 4.36. The summed E-state index contributed by atoms with van der Waals surface area (Å²) in [4.78, 5) is 3.92. The van der Waals surface area contributed by atoms with Gasteiger partial charge < -0.3 is 9.47 Å².